The van der Waals surface area contributed by atoms with Crippen molar-refractivity contribution in [1.29, 1.82) is 5.26 Å². The Bertz CT molecular complexity index is 356. The van der Waals surface area contributed by atoms with Gasteiger partial charge in [-0.1, -0.05) is 0 Å². The molecule has 1 aromatic heterocycles. The number of rotatable bonds is 4. The van der Waals surface area contributed by atoms with Gasteiger partial charge in [0.05, 0.1) is 15.4 Å². The lowest BCUT2D eigenvalue weighted by atomic mass is 10.3. The van der Waals surface area contributed by atoms with E-state index in [4.69, 9.17) is 5.26 Å². The zero-order chi connectivity index (χ0) is 10.4. The molecule has 0 aromatic carbocycles. The maximum absolute atomic E-state index is 11.4. The summed E-state index contributed by atoms with van der Waals surface area (Å²) in [6, 6.07) is 3.81. The molecule has 1 aromatic rings. The highest BCUT2D eigenvalue weighted by Crippen LogP contribution is 2.20. The van der Waals surface area contributed by atoms with Crippen LogP contribution in [0.5, 0.6) is 0 Å². The molecule has 0 aliphatic heterocycles. The highest BCUT2D eigenvalue weighted by molar-refractivity contribution is 9.11. The summed E-state index contributed by atoms with van der Waals surface area (Å²) in [4.78, 5) is 11.4. The number of unbranched alkanes of at least 4 members (excludes halogenated alkanes) is 1. The van der Waals surface area contributed by atoms with E-state index in [2.05, 4.69) is 21.2 Å². The van der Waals surface area contributed by atoms with Crippen molar-refractivity contribution in [2.75, 3.05) is 6.54 Å². The summed E-state index contributed by atoms with van der Waals surface area (Å²) in [6.07, 6.45) is 1.18. The first-order valence-corrected chi connectivity index (χ1v) is 5.80. The lowest BCUT2D eigenvalue weighted by molar-refractivity contribution is 0.0954. The number of hydrogen-bond donors (Lipinski definition) is 1. The summed E-state index contributed by atoms with van der Waals surface area (Å²) in [5.41, 5.74) is 0.666. The highest BCUT2D eigenvalue weighted by Gasteiger charge is 2.06. The molecule has 0 atom stereocenters. The van der Waals surface area contributed by atoms with Crippen LogP contribution in [0.3, 0.4) is 0 Å². The van der Waals surface area contributed by atoms with Gasteiger partial charge in [-0.25, -0.2) is 0 Å². The van der Waals surface area contributed by atoms with E-state index in [1.54, 1.807) is 11.4 Å². The normalized spacial score (nSPS) is 9.43. The Labute approximate surface area is 94.9 Å². The second kappa shape index (κ2) is 5.78. The molecule has 0 unspecified atom stereocenters. The fourth-order valence-electron chi connectivity index (χ4n) is 0.901. The smallest absolute Gasteiger partial charge is 0.252 e. The van der Waals surface area contributed by atoms with Crippen molar-refractivity contribution >= 4 is 33.2 Å². The predicted octanol–water partition coefficient (Wildman–Crippen LogP) is 2.54. The fraction of sp³-hybridized carbons (Fsp3) is 0.333. The van der Waals surface area contributed by atoms with Crippen LogP contribution in [0.2, 0.25) is 0 Å². The third-order valence-electron chi connectivity index (χ3n) is 1.58. The van der Waals surface area contributed by atoms with E-state index in [1.807, 2.05) is 6.07 Å². The van der Waals surface area contributed by atoms with Gasteiger partial charge < -0.3 is 5.32 Å². The number of thiophene rings is 1. The van der Waals surface area contributed by atoms with Crippen LogP contribution in [0, 0.1) is 11.3 Å². The number of nitrogens with zero attached hydrogens (tertiary/aromatic N) is 1. The Morgan fingerprint density at radius 3 is 3.07 bits per heavy atom. The van der Waals surface area contributed by atoms with Crippen molar-refractivity contribution in [1.82, 2.24) is 5.32 Å². The van der Waals surface area contributed by atoms with Crippen molar-refractivity contribution in [3.63, 3.8) is 0 Å². The number of hydrogen-bond acceptors (Lipinski definition) is 3. The second-order valence-electron chi connectivity index (χ2n) is 2.66. The van der Waals surface area contributed by atoms with Gasteiger partial charge in [0, 0.05) is 18.3 Å². The number of halogens is 1. The van der Waals surface area contributed by atoms with Gasteiger partial charge in [0.25, 0.3) is 5.91 Å². The molecule has 74 valence electrons. The first-order valence-electron chi connectivity index (χ1n) is 4.13. The second-order valence-corrected chi connectivity index (χ2v) is 4.95. The number of nitrogens with one attached hydrogen (secondary N) is 1. The summed E-state index contributed by atoms with van der Waals surface area (Å²) in [7, 11) is 0. The molecule has 0 aliphatic rings. The van der Waals surface area contributed by atoms with Crippen LogP contribution in [0.15, 0.2) is 15.2 Å². The first kappa shape index (κ1) is 11.2. The minimum absolute atomic E-state index is 0.0788. The van der Waals surface area contributed by atoms with Crippen LogP contribution < -0.4 is 5.32 Å². The van der Waals surface area contributed by atoms with Gasteiger partial charge in [-0.3, -0.25) is 4.79 Å². The van der Waals surface area contributed by atoms with E-state index in [1.165, 1.54) is 11.3 Å². The Morgan fingerprint density at radius 2 is 2.50 bits per heavy atom. The monoisotopic (exact) mass is 272 g/mol. The van der Waals surface area contributed by atoms with Crippen molar-refractivity contribution < 1.29 is 4.79 Å². The average Bonchev–Trinajstić information content (AvgIpc) is 2.59. The number of carbonyl (C=O) groups excluding carboxylic acids is 1. The van der Waals surface area contributed by atoms with Crippen LogP contribution in [0.25, 0.3) is 0 Å². The molecule has 0 bridgehead atoms. The molecule has 3 nitrogen and oxygen atoms in total. The predicted molar refractivity (Wildman–Crippen MR) is 59.2 cm³/mol. The molecule has 0 aliphatic carbocycles. The number of carbonyl (C=O) groups is 1. The van der Waals surface area contributed by atoms with Gasteiger partial charge in [0.2, 0.25) is 0 Å². The third kappa shape index (κ3) is 3.48. The molecular formula is C9H9BrN2OS. The summed E-state index contributed by atoms with van der Waals surface area (Å²) < 4.78 is 0.944. The van der Waals surface area contributed by atoms with Gasteiger partial charge in [-0.15, -0.1) is 11.3 Å². The first-order chi connectivity index (χ1) is 6.74. The molecule has 1 heterocycles. The highest BCUT2D eigenvalue weighted by atomic mass is 79.9. The van der Waals surface area contributed by atoms with E-state index in [0.717, 1.165) is 3.79 Å². The van der Waals surface area contributed by atoms with Crippen LogP contribution in [0.4, 0.5) is 0 Å². The van der Waals surface area contributed by atoms with E-state index in [0.29, 0.717) is 24.9 Å². The molecule has 14 heavy (non-hydrogen) atoms. The standard InChI is InChI=1S/C9H9BrN2OS/c10-8-5-7(6-14-8)9(13)12-4-2-1-3-11/h5-6H,1-2,4H2,(H,12,13). The lowest BCUT2D eigenvalue weighted by Crippen LogP contribution is -2.23. The zero-order valence-corrected chi connectivity index (χ0v) is 9.82. The Kier molecular flexibility index (Phi) is 4.63. The van der Waals surface area contributed by atoms with Crippen LogP contribution >= 0.6 is 27.3 Å². The van der Waals surface area contributed by atoms with Crippen molar-refractivity contribution in [2.45, 2.75) is 12.8 Å². The largest absolute Gasteiger partial charge is 0.352 e. The van der Waals surface area contributed by atoms with Crippen LogP contribution in [-0.2, 0) is 0 Å². The van der Waals surface area contributed by atoms with Gasteiger partial charge in [0.1, 0.15) is 0 Å². The van der Waals surface area contributed by atoms with E-state index < -0.39 is 0 Å². The molecule has 1 N–H and O–H groups in total. The SMILES string of the molecule is N#CCCCNC(=O)c1csc(Br)c1. The van der Waals surface area contributed by atoms with Gasteiger partial charge in [-0.05, 0) is 28.4 Å². The minimum Gasteiger partial charge on any atom is -0.352 e. The van der Waals surface area contributed by atoms with Gasteiger partial charge in [0.15, 0.2) is 0 Å². The summed E-state index contributed by atoms with van der Waals surface area (Å²) in [6.45, 7) is 0.555. The molecule has 0 fully saturated rings. The molecule has 5 heteroatoms. The topological polar surface area (TPSA) is 52.9 Å². The lowest BCUT2D eigenvalue weighted by Gasteiger charge is -2.00. The van der Waals surface area contributed by atoms with Gasteiger partial charge in [-0.2, -0.15) is 5.26 Å². The van der Waals surface area contributed by atoms with E-state index in [9.17, 15) is 4.79 Å². The number of amides is 1. The summed E-state index contributed by atoms with van der Waals surface area (Å²) >= 11 is 4.77. The van der Waals surface area contributed by atoms with E-state index in [-0.39, 0.29) is 5.91 Å². The van der Waals surface area contributed by atoms with E-state index >= 15 is 0 Å². The van der Waals surface area contributed by atoms with Crippen molar-refractivity contribution in [3.8, 4) is 6.07 Å². The van der Waals surface area contributed by atoms with Crippen molar-refractivity contribution in [3.05, 3.63) is 20.8 Å². The Hall–Kier alpha value is -0.860. The van der Waals surface area contributed by atoms with Crippen molar-refractivity contribution in [2.24, 2.45) is 0 Å². The van der Waals surface area contributed by atoms with Crippen LogP contribution in [0.1, 0.15) is 23.2 Å². The summed E-state index contributed by atoms with van der Waals surface area (Å²) in [5.74, 6) is -0.0788. The average molecular weight is 273 g/mol. The molecule has 0 spiro atoms. The van der Waals surface area contributed by atoms with Gasteiger partial charge >= 0.3 is 0 Å². The summed E-state index contributed by atoms with van der Waals surface area (Å²) in [5, 5.41) is 12.8. The maximum atomic E-state index is 11.4. The molecule has 0 saturated heterocycles. The van der Waals surface area contributed by atoms with Crippen LogP contribution in [-0.4, -0.2) is 12.5 Å². The fourth-order valence-corrected chi connectivity index (χ4v) is 2.04. The molecule has 0 saturated carbocycles. The maximum Gasteiger partial charge on any atom is 0.252 e. The Balaban J connectivity index is 2.33. The Morgan fingerprint density at radius 1 is 1.71 bits per heavy atom. The quantitative estimate of drug-likeness (QED) is 0.857. The molecule has 1 rings (SSSR count). The third-order valence-corrected chi connectivity index (χ3v) is 3.09. The number of nitriles is 1. The molecule has 0 radical (unpaired) electrons. The minimum atomic E-state index is -0.0788. The zero-order valence-electron chi connectivity index (χ0n) is 7.42. The molecular weight excluding hydrogens is 264 g/mol. The molecule has 1 amide bonds.